The summed E-state index contributed by atoms with van der Waals surface area (Å²) in [7, 11) is 1.60. The van der Waals surface area contributed by atoms with Gasteiger partial charge in [-0.1, -0.05) is 18.2 Å². The van der Waals surface area contributed by atoms with Gasteiger partial charge in [0.2, 0.25) is 0 Å². The van der Waals surface area contributed by atoms with Crippen molar-refractivity contribution in [1.82, 2.24) is 10.6 Å². The Morgan fingerprint density at radius 1 is 1.15 bits per heavy atom. The number of carbonyl (C=O) groups is 1. The fourth-order valence-electron chi connectivity index (χ4n) is 3.87. The van der Waals surface area contributed by atoms with Crippen LogP contribution in [0.2, 0.25) is 0 Å². The number of rotatable bonds is 10. The van der Waals surface area contributed by atoms with Gasteiger partial charge in [-0.05, 0) is 62.8 Å². The highest BCUT2D eigenvalue weighted by Gasteiger charge is 2.30. The highest BCUT2D eigenvalue weighted by molar-refractivity contribution is 5.68. The van der Waals surface area contributed by atoms with E-state index in [-0.39, 0.29) is 18.4 Å². The summed E-state index contributed by atoms with van der Waals surface area (Å²) in [5.74, 6) is 1.25. The molecule has 0 heterocycles. The third-order valence-corrected chi connectivity index (χ3v) is 5.76. The maximum absolute atomic E-state index is 12.3. The first-order valence-electron chi connectivity index (χ1n) is 11.1. The number of carbonyl (C=O) groups excluding carboxylic acids is 1. The predicted octanol–water partition coefficient (Wildman–Crippen LogP) is 4.63. The van der Waals surface area contributed by atoms with Gasteiger partial charge in [-0.3, -0.25) is 20.7 Å². The van der Waals surface area contributed by atoms with Crippen molar-refractivity contribution in [2.24, 2.45) is 0 Å². The highest BCUT2D eigenvalue weighted by Crippen LogP contribution is 2.35. The van der Waals surface area contributed by atoms with Crippen LogP contribution in [-0.2, 0) is 16.9 Å². The van der Waals surface area contributed by atoms with Crippen molar-refractivity contribution in [2.75, 3.05) is 13.7 Å². The number of hydrogen-bond acceptors (Lipinski definition) is 7. The van der Waals surface area contributed by atoms with Gasteiger partial charge in [0.05, 0.1) is 24.7 Å². The minimum absolute atomic E-state index is 0.0232. The van der Waals surface area contributed by atoms with E-state index in [9.17, 15) is 14.9 Å². The topological polar surface area (TPSA) is 112 Å². The molecule has 0 aliphatic heterocycles. The van der Waals surface area contributed by atoms with Crippen molar-refractivity contribution in [2.45, 2.75) is 57.8 Å². The number of alkyl carbamates (subject to hydrolysis) is 1. The summed E-state index contributed by atoms with van der Waals surface area (Å²) in [6, 6.07) is 11.8. The van der Waals surface area contributed by atoms with Gasteiger partial charge in [0.15, 0.2) is 11.5 Å². The molecule has 178 valence electrons. The molecule has 2 aromatic rings. The number of methoxy groups -OCH3 is 1. The molecule has 0 saturated heterocycles. The molecule has 0 spiro atoms. The van der Waals surface area contributed by atoms with E-state index in [1.54, 1.807) is 26.2 Å². The minimum atomic E-state index is -1.01. The fraction of sp³-hybridized carbons (Fsp3) is 0.458. The van der Waals surface area contributed by atoms with Crippen molar-refractivity contribution in [3.8, 4) is 11.5 Å². The zero-order valence-corrected chi connectivity index (χ0v) is 19.3. The summed E-state index contributed by atoms with van der Waals surface area (Å²) in [4.78, 5) is 22.8. The van der Waals surface area contributed by atoms with Crippen LogP contribution < -0.4 is 20.1 Å². The molecule has 1 fully saturated rings. The number of nitro groups is 1. The molecule has 1 atom stereocenters. The van der Waals surface area contributed by atoms with E-state index in [2.05, 4.69) is 10.6 Å². The first-order chi connectivity index (χ1) is 15.8. The summed E-state index contributed by atoms with van der Waals surface area (Å²) >= 11 is 0. The molecular formula is C24H31N3O6. The zero-order valence-electron chi connectivity index (χ0n) is 19.3. The van der Waals surface area contributed by atoms with Crippen molar-refractivity contribution < 1.29 is 23.9 Å². The van der Waals surface area contributed by atoms with Gasteiger partial charge in [0.1, 0.15) is 5.66 Å². The van der Waals surface area contributed by atoms with Gasteiger partial charge < -0.3 is 14.2 Å². The van der Waals surface area contributed by atoms with Crippen LogP contribution in [-0.4, -0.2) is 30.8 Å². The standard InChI is InChI=1S/C24H31N3O6/c1-4-32-23(28)26-24(2,25-16-17-9-12-19(13-10-17)27(29)30)18-11-14-21(31-3)22(15-18)33-20-7-5-6-8-20/h9-15,20,25H,4-8,16H2,1-3H3,(H,26,28). The van der Waals surface area contributed by atoms with E-state index >= 15 is 0 Å². The van der Waals surface area contributed by atoms with Crippen LogP contribution in [0.5, 0.6) is 11.5 Å². The molecule has 1 aliphatic carbocycles. The SMILES string of the molecule is CCOC(=O)NC(C)(NCc1ccc([N+](=O)[O-])cc1)c1ccc(OC)c(OC2CCCC2)c1. The summed E-state index contributed by atoms with van der Waals surface area (Å²) < 4.78 is 16.8. The number of amides is 1. The Balaban J connectivity index is 1.86. The number of ether oxygens (including phenoxy) is 3. The van der Waals surface area contributed by atoms with Gasteiger partial charge in [-0.2, -0.15) is 0 Å². The molecular weight excluding hydrogens is 426 g/mol. The normalized spacial score (nSPS) is 15.5. The average Bonchev–Trinajstić information content (AvgIpc) is 3.31. The van der Waals surface area contributed by atoms with Gasteiger partial charge in [0, 0.05) is 18.7 Å². The molecule has 2 aromatic carbocycles. The molecule has 3 rings (SSSR count). The molecule has 0 aromatic heterocycles. The van der Waals surface area contributed by atoms with E-state index < -0.39 is 16.7 Å². The van der Waals surface area contributed by atoms with Crippen molar-refractivity contribution in [3.63, 3.8) is 0 Å². The average molecular weight is 458 g/mol. The Labute approximate surface area is 193 Å². The molecule has 0 radical (unpaired) electrons. The molecule has 0 bridgehead atoms. The Morgan fingerprint density at radius 2 is 1.85 bits per heavy atom. The zero-order chi connectivity index (χ0) is 23.8. The second kappa shape index (κ2) is 11.0. The monoisotopic (exact) mass is 457 g/mol. The minimum Gasteiger partial charge on any atom is -0.493 e. The van der Waals surface area contributed by atoms with E-state index in [1.807, 2.05) is 25.1 Å². The summed E-state index contributed by atoms with van der Waals surface area (Å²) in [5.41, 5.74) is 0.600. The van der Waals surface area contributed by atoms with Crippen LogP contribution >= 0.6 is 0 Å². The lowest BCUT2D eigenvalue weighted by Crippen LogP contribution is -2.53. The fourth-order valence-corrected chi connectivity index (χ4v) is 3.87. The number of nitro benzene ring substituents is 1. The van der Waals surface area contributed by atoms with Crippen LogP contribution in [0.4, 0.5) is 10.5 Å². The Bertz CT molecular complexity index is 959. The van der Waals surface area contributed by atoms with E-state index in [0.717, 1.165) is 36.8 Å². The van der Waals surface area contributed by atoms with Gasteiger partial charge in [-0.25, -0.2) is 4.79 Å². The first kappa shape index (κ1) is 24.3. The molecule has 1 saturated carbocycles. The van der Waals surface area contributed by atoms with Crippen molar-refractivity contribution >= 4 is 11.8 Å². The van der Waals surface area contributed by atoms with Crippen LogP contribution in [0.25, 0.3) is 0 Å². The highest BCUT2D eigenvalue weighted by atomic mass is 16.6. The van der Waals surface area contributed by atoms with Crippen molar-refractivity contribution in [1.29, 1.82) is 0 Å². The van der Waals surface area contributed by atoms with Gasteiger partial charge in [0.25, 0.3) is 5.69 Å². The van der Waals surface area contributed by atoms with Crippen LogP contribution in [0.15, 0.2) is 42.5 Å². The molecule has 33 heavy (non-hydrogen) atoms. The first-order valence-corrected chi connectivity index (χ1v) is 11.1. The van der Waals surface area contributed by atoms with Crippen molar-refractivity contribution in [3.05, 3.63) is 63.7 Å². The number of non-ortho nitro benzene ring substituents is 1. The van der Waals surface area contributed by atoms with Crippen LogP contribution in [0.3, 0.4) is 0 Å². The Kier molecular flexibility index (Phi) is 8.11. The van der Waals surface area contributed by atoms with E-state index in [4.69, 9.17) is 14.2 Å². The lowest BCUT2D eigenvalue weighted by atomic mass is 10.00. The predicted molar refractivity (Wildman–Crippen MR) is 123 cm³/mol. The maximum Gasteiger partial charge on any atom is 0.408 e. The molecule has 9 heteroatoms. The number of nitrogens with zero attached hydrogens (tertiary/aromatic N) is 1. The summed E-state index contributed by atoms with van der Waals surface area (Å²) in [6.07, 6.45) is 3.88. The number of hydrogen-bond donors (Lipinski definition) is 2. The third kappa shape index (κ3) is 6.35. The van der Waals surface area contributed by atoms with E-state index in [0.29, 0.717) is 18.0 Å². The molecule has 1 unspecified atom stereocenters. The Morgan fingerprint density at radius 3 is 2.45 bits per heavy atom. The molecule has 1 amide bonds. The van der Waals surface area contributed by atoms with Gasteiger partial charge >= 0.3 is 6.09 Å². The van der Waals surface area contributed by atoms with Crippen LogP contribution in [0.1, 0.15) is 50.7 Å². The quantitative estimate of drug-likeness (QED) is 0.304. The molecule has 2 N–H and O–H groups in total. The lowest BCUT2D eigenvalue weighted by molar-refractivity contribution is -0.384. The molecule has 1 aliphatic rings. The van der Waals surface area contributed by atoms with Crippen LogP contribution in [0, 0.1) is 10.1 Å². The van der Waals surface area contributed by atoms with E-state index in [1.165, 1.54) is 12.1 Å². The second-order valence-electron chi connectivity index (χ2n) is 8.14. The second-order valence-corrected chi connectivity index (χ2v) is 8.14. The lowest BCUT2D eigenvalue weighted by Gasteiger charge is -2.33. The number of nitrogens with one attached hydrogen (secondary N) is 2. The summed E-state index contributed by atoms with van der Waals surface area (Å²) in [6.45, 7) is 4.16. The number of benzene rings is 2. The largest absolute Gasteiger partial charge is 0.493 e. The van der Waals surface area contributed by atoms with Gasteiger partial charge in [-0.15, -0.1) is 0 Å². The smallest absolute Gasteiger partial charge is 0.408 e. The summed E-state index contributed by atoms with van der Waals surface area (Å²) in [5, 5.41) is 17.2. The Hall–Kier alpha value is -3.33. The molecule has 9 nitrogen and oxygen atoms in total. The third-order valence-electron chi connectivity index (χ3n) is 5.76. The maximum atomic E-state index is 12.3.